The van der Waals surface area contributed by atoms with Crippen LogP contribution in [-0.4, -0.2) is 43.8 Å². The molecule has 20 heavy (non-hydrogen) atoms. The second kappa shape index (κ2) is 10.1. The zero-order valence-corrected chi connectivity index (χ0v) is 12.4. The van der Waals surface area contributed by atoms with Crippen LogP contribution in [0, 0.1) is 0 Å². The standard InChI is InChI=1S/C15H25N3O2/c1-3-18(4-2)12-8-11-16-15(19)17-13-20-14-9-6-5-7-10-14/h5-7,9-10H,3-4,8,11-13H2,1-2H3,(H2,16,17,19). The molecule has 1 aromatic rings. The van der Waals surface area contributed by atoms with Crippen molar-refractivity contribution in [3.8, 4) is 5.75 Å². The lowest BCUT2D eigenvalue weighted by Crippen LogP contribution is -2.39. The summed E-state index contributed by atoms with van der Waals surface area (Å²) in [6.45, 7) is 8.24. The number of nitrogens with one attached hydrogen (secondary N) is 2. The molecule has 0 heterocycles. The molecule has 2 amide bonds. The molecule has 112 valence electrons. The smallest absolute Gasteiger partial charge is 0.317 e. The Morgan fingerprint density at radius 3 is 2.50 bits per heavy atom. The SMILES string of the molecule is CCN(CC)CCCNC(=O)NCOc1ccccc1. The largest absolute Gasteiger partial charge is 0.473 e. The molecule has 1 aromatic carbocycles. The van der Waals surface area contributed by atoms with Crippen molar-refractivity contribution in [2.24, 2.45) is 0 Å². The number of urea groups is 1. The number of hydrogen-bond acceptors (Lipinski definition) is 3. The zero-order chi connectivity index (χ0) is 14.6. The maximum absolute atomic E-state index is 11.5. The molecule has 0 spiro atoms. The van der Waals surface area contributed by atoms with Crippen molar-refractivity contribution in [3.05, 3.63) is 30.3 Å². The van der Waals surface area contributed by atoms with Crippen LogP contribution in [0.5, 0.6) is 5.75 Å². The number of rotatable bonds is 9. The summed E-state index contributed by atoms with van der Waals surface area (Å²) in [7, 11) is 0. The fraction of sp³-hybridized carbons (Fsp3) is 0.533. The minimum absolute atomic E-state index is 0.173. The maximum Gasteiger partial charge on any atom is 0.317 e. The highest BCUT2D eigenvalue weighted by Crippen LogP contribution is 2.06. The lowest BCUT2D eigenvalue weighted by molar-refractivity contribution is 0.223. The van der Waals surface area contributed by atoms with Crippen LogP contribution in [0.15, 0.2) is 30.3 Å². The van der Waals surface area contributed by atoms with Gasteiger partial charge in [-0.25, -0.2) is 4.79 Å². The molecule has 0 aromatic heterocycles. The van der Waals surface area contributed by atoms with E-state index in [2.05, 4.69) is 29.4 Å². The lowest BCUT2D eigenvalue weighted by Gasteiger charge is -2.17. The van der Waals surface area contributed by atoms with Crippen LogP contribution in [0.25, 0.3) is 0 Å². The second-order valence-corrected chi connectivity index (χ2v) is 4.41. The average molecular weight is 279 g/mol. The van der Waals surface area contributed by atoms with Crippen molar-refractivity contribution in [3.63, 3.8) is 0 Å². The minimum Gasteiger partial charge on any atom is -0.473 e. The van der Waals surface area contributed by atoms with Gasteiger partial charge in [-0.3, -0.25) is 0 Å². The van der Waals surface area contributed by atoms with Crippen LogP contribution in [0.4, 0.5) is 4.79 Å². The van der Waals surface area contributed by atoms with E-state index in [1.54, 1.807) is 0 Å². The summed E-state index contributed by atoms with van der Waals surface area (Å²) >= 11 is 0. The Balaban J connectivity index is 2.03. The van der Waals surface area contributed by atoms with Crippen LogP contribution in [-0.2, 0) is 0 Å². The van der Waals surface area contributed by atoms with Crippen molar-refractivity contribution in [1.29, 1.82) is 0 Å². The topological polar surface area (TPSA) is 53.6 Å². The van der Waals surface area contributed by atoms with Crippen LogP contribution in [0.2, 0.25) is 0 Å². The average Bonchev–Trinajstić information content (AvgIpc) is 2.48. The number of carbonyl (C=O) groups is 1. The zero-order valence-electron chi connectivity index (χ0n) is 12.4. The Labute approximate surface area is 121 Å². The van der Waals surface area contributed by atoms with E-state index in [-0.39, 0.29) is 12.8 Å². The summed E-state index contributed by atoms with van der Waals surface area (Å²) in [6.07, 6.45) is 0.953. The van der Waals surface area contributed by atoms with Gasteiger partial charge in [0.2, 0.25) is 0 Å². The van der Waals surface area contributed by atoms with Gasteiger partial charge >= 0.3 is 6.03 Å². The number of benzene rings is 1. The molecule has 0 saturated heterocycles. The Kier molecular flexibility index (Phi) is 8.22. The number of amides is 2. The molecule has 5 nitrogen and oxygen atoms in total. The molecule has 0 radical (unpaired) electrons. The number of carbonyl (C=O) groups excluding carboxylic acids is 1. The Morgan fingerprint density at radius 1 is 1.15 bits per heavy atom. The number of nitrogens with zero attached hydrogens (tertiary/aromatic N) is 1. The summed E-state index contributed by atoms with van der Waals surface area (Å²) in [4.78, 5) is 13.8. The van der Waals surface area contributed by atoms with Crippen LogP contribution in [0.1, 0.15) is 20.3 Å². The Bertz CT molecular complexity index is 367. The third-order valence-corrected chi connectivity index (χ3v) is 3.05. The molecule has 0 fully saturated rings. The molecule has 0 saturated carbocycles. The first-order chi connectivity index (χ1) is 9.76. The fourth-order valence-corrected chi connectivity index (χ4v) is 1.81. The van der Waals surface area contributed by atoms with Crippen molar-refractivity contribution in [2.45, 2.75) is 20.3 Å². The minimum atomic E-state index is -0.194. The summed E-state index contributed by atoms with van der Waals surface area (Å²) < 4.78 is 5.38. The highest BCUT2D eigenvalue weighted by Gasteiger charge is 2.01. The summed E-state index contributed by atoms with van der Waals surface area (Å²) in [5.41, 5.74) is 0. The van der Waals surface area contributed by atoms with Crippen LogP contribution >= 0.6 is 0 Å². The van der Waals surface area contributed by atoms with Gasteiger partial charge in [0, 0.05) is 6.54 Å². The monoisotopic (exact) mass is 279 g/mol. The predicted molar refractivity (Wildman–Crippen MR) is 80.9 cm³/mol. The molecule has 0 aliphatic heterocycles. The molecule has 0 atom stereocenters. The van der Waals surface area contributed by atoms with E-state index in [1.165, 1.54) is 0 Å². The van der Waals surface area contributed by atoms with Gasteiger partial charge in [-0.15, -0.1) is 0 Å². The van der Waals surface area contributed by atoms with Crippen molar-refractivity contribution in [2.75, 3.05) is 32.9 Å². The van der Waals surface area contributed by atoms with Gasteiger partial charge in [-0.05, 0) is 38.2 Å². The van der Waals surface area contributed by atoms with E-state index in [9.17, 15) is 4.79 Å². The first-order valence-corrected chi connectivity index (χ1v) is 7.18. The molecule has 0 aliphatic carbocycles. The third kappa shape index (κ3) is 6.99. The van der Waals surface area contributed by atoms with E-state index < -0.39 is 0 Å². The van der Waals surface area contributed by atoms with Crippen molar-refractivity contribution >= 4 is 6.03 Å². The van der Waals surface area contributed by atoms with Crippen molar-refractivity contribution in [1.82, 2.24) is 15.5 Å². The number of ether oxygens (including phenoxy) is 1. The lowest BCUT2D eigenvalue weighted by atomic mass is 10.3. The van der Waals surface area contributed by atoms with E-state index in [4.69, 9.17) is 4.74 Å². The van der Waals surface area contributed by atoms with Crippen LogP contribution < -0.4 is 15.4 Å². The van der Waals surface area contributed by atoms with E-state index >= 15 is 0 Å². The fourth-order valence-electron chi connectivity index (χ4n) is 1.81. The molecular weight excluding hydrogens is 254 g/mol. The van der Waals surface area contributed by atoms with Gasteiger partial charge in [0.15, 0.2) is 6.73 Å². The molecule has 0 unspecified atom stereocenters. The molecule has 0 aliphatic rings. The summed E-state index contributed by atoms with van der Waals surface area (Å²) in [6, 6.07) is 9.21. The highest BCUT2D eigenvalue weighted by atomic mass is 16.5. The quantitative estimate of drug-likeness (QED) is 0.537. The predicted octanol–water partition coefficient (Wildman–Crippen LogP) is 2.05. The third-order valence-electron chi connectivity index (χ3n) is 3.05. The van der Waals surface area contributed by atoms with Crippen LogP contribution in [0.3, 0.4) is 0 Å². The molecule has 5 heteroatoms. The maximum atomic E-state index is 11.5. The summed E-state index contributed by atoms with van der Waals surface area (Å²) in [5.74, 6) is 0.745. The molecular formula is C15H25N3O2. The van der Waals surface area contributed by atoms with Crippen molar-refractivity contribution < 1.29 is 9.53 Å². The van der Waals surface area contributed by atoms with Gasteiger partial charge in [-0.2, -0.15) is 0 Å². The summed E-state index contributed by atoms with van der Waals surface area (Å²) in [5, 5.41) is 5.48. The van der Waals surface area contributed by atoms with Gasteiger partial charge in [0.05, 0.1) is 0 Å². The molecule has 1 rings (SSSR count). The Hall–Kier alpha value is -1.75. The van der Waals surface area contributed by atoms with E-state index in [0.29, 0.717) is 6.54 Å². The normalized spacial score (nSPS) is 10.3. The van der Waals surface area contributed by atoms with E-state index in [0.717, 1.165) is 31.8 Å². The Morgan fingerprint density at radius 2 is 1.85 bits per heavy atom. The van der Waals surface area contributed by atoms with Gasteiger partial charge in [-0.1, -0.05) is 32.0 Å². The van der Waals surface area contributed by atoms with Gasteiger partial charge in [0.1, 0.15) is 5.75 Å². The second-order valence-electron chi connectivity index (χ2n) is 4.41. The van der Waals surface area contributed by atoms with Gasteiger partial charge < -0.3 is 20.3 Å². The first-order valence-electron chi connectivity index (χ1n) is 7.18. The van der Waals surface area contributed by atoms with Gasteiger partial charge in [0.25, 0.3) is 0 Å². The number of para-hydroxylation sites is 1. The highest BCUT2D eigenvalue weighted by molar-refractivity contribution is 5.73. The number of hydrogen-bond donors (Lipinski definition) is 2. The first kappa shape index (κ1) is 16.3. The molecule has 0 bridgehead atoms. The molecule has 2 N–H and O–H groups in total. The van der Waals surface area contributed by atoms with E-state index in [1.807, 2.05) is 30.3 Å².